The van der Waals surface area contributed by atoms with Gasteiger partial charge in [0.2, 0.25) is 6.17 Å². The van der Waals surface area contributed by atoms with Crippen molar-refractivity contribution in [1.29, 1.82) is 0 Å². The first-order valence-electron chi connectivity index (χ1n) is 5.30. The number of carbonyl (C=O) groups is 1. The highest BCUT2D eigenvalue weighted by atomic mass is 19.1. The van der Waals surface area contributed by atoms with E-state index in [1.54, 1.807) is 6.92 Å². The van der Waals surface area contributed by atoms with Crippen LogP contribution in [-0.4, -0.2) is 30.0 Å². The lowest BCUT2D eigenvalue weighted by atomic mass is 9.87. The maximum atomic E-state index is 13.4. The molecule has 0 bridgehead atoms. The molecule has 3 nitrogen and oxygen atoms in total. The molecule has 1 N–H and O–H groups in total. The molecule has 1 aliphatic carbocycles. The second-order valence-electron chi connectivity index (χ2n) is 3.69. The number of aliphatic hydroxyl groups excluding tert-OH is 1. The summed E-state index contributed by atoms with van der Waals surface area (Å²) in [4.78, 5) is 11.1. The molecule has 0 radical (unpaired) electrons. The number of ether oxygens (including phenoxy) is 1. The van der Waals surface area contributed by atoms with Gasteiger partial charge in [0.05, 0.1) is 12.7 Å². The van der Waals surface area contributed by atoms with Gasteiger partial charge < -0.3 is 9.84 Å². The Balaban J connectivity index is 2.47. The molecule has 3 atom stereocenters. The van der Waals surface area contributed by atoms with Gasteiger partial charge in [0.15, 0.2) is 0 Å². The fraction of sp³-hybridized carbons (Fsp3) is 0.727. The third-order valence-corrected chi connectivity index (χ3v) is 2.60. The van der Waals surface area contributed by atoms with E-state index in [1.165, 1.54) is 0 Å². The molecular formula is C11H17FO3. The number of esters is 1. The maximum Gasteiger partial charge on any atom is 0.343 e. The molecule has 0 heterocycles. The average Bonchev–Trinajstić information content (AvgIpc) is 2.28. The molecule has 1 aliphatic rings. The lowest BCUT2D eigenvalue weighted by Crippen LogP contribution is -2.37. The third-order valence-electron chi connectivity index (χ3n) is 2.60. The Bertz CT molecular complexity index is 240. The second kappa shape index (κ2) is 5.85. The summed E-state index contributed by atoms with van der Waals surface area (Å²) >= 11 is 0. The summed E-state index contributed by atoms with van der Waals surface area (Å²) in [6, 6.07) is 0. The van der Waals surface area contributed by atoms with Gasteiger partial charge >= 0.3 is 5.97 Å². The molecule has 0 amide bonds. The molecule has 86 valence electrons. The van der Waals surface area contributed by atoms with Crippen molar-refractivity contribution in [3.05, 3.63) is 12.2 Å². The molecule has 15 heavy (non-hydrogen) atoms. The van der Waals surface area contributed by atoms with Crippen LogP contribution in [0.3, 0.4) is 0 Å². The monoisotopic (exact) mass is 216 g/mol. The highest BCUT2D eigenvalue weighted by Gasteiger charge is 2.33. The Morgan fingerprint density at radius 1 is 1.67 bits per heavy atom. The fourth-order valence-electron chi connectivity index (χ4n) is 1.73. The summed E-state index contributed by atoms with van der Waals surface area (Å²) in [6.45, 7) is 1.75. The van der Waals surface area contributed by atoms with Crippen LogP contribution in [-0.2, 0) is 9.53 Å². The van der Waals surface area contributed by atoms with E-state index in [9.17, 15) is 14.3 Å². The summed E-state index contributed by atoms with van der Waals surface area (Å²) in [5.74, 6) is -1.13. The number of hydrogen-bond donors (Lipinski definition) is 1. The van der Waals surface area contributed by atoms with E-state index in [0.717, 1.165) is 12.8 Å². The summed E-state index contributed by atoms with van der Waals surface area (Å²) < 4.78 is 17.9. The van der Waals surface area contributed by atoms with Gasteiger partial charge in [-0.05, 0) is 32.1 Å². The Morgan fingerprint density at radius 3 is 2.93 bits per heavy atom. The third kappa shape index (κ3) is 3.30. The lowest BCUT2D eigenvalue weighted by Gasteiger charge is -2.25. The topological polar surface area (TPSA) is 46.5 Å². The number of aliphatic hydroxyl groups is 1. The van der Waals surface area contributed by atoms with Gasteiger partial charge in [-0.25, -0.2) is 9.18 Å². The van der Waals surface area contributed by atoms with E-state index in [-0.39, 0.29) is 12.5 Å². The van der Waals surface area contributed by atoms with E-state index in [2.05, 4.69) is 4.74 Å². The lowest BCUT2D eigenvalue weighted by molar-refractivity contribution is -0.155. The highest BCUT2D eigenvalue weighted by Crippen LogP contribution is 2.24. The molecule has 0 spiro atoms. The largest absolute Gasteiger partial charge is 0.464 e. The van der Waals surface area contributed by atoms with Crippen molar-refractivity contribution in [2.24, 2.45) is 5.92 Å². The number of rotatable bonds is 4. The molecule has 0 aromatic rings. The highest BCUT2D eigenvalue weighted by molar-refractivity contribution is 5.75. The van der Waals surface area contributed by atoms with E-state index in [1.807, 2.05) is 12.2 Å². The van der Waals surface area contributed by atoms with Gasteiger partial charge in [-0.15, -0.1) is 0 Å². The van der Waals surface area contributed by atoms with E-state index >= 15 is 0 Å². The predicted octanol–water partition coefficient (Wildman–Crippen LogP) is 1.60. The van der Waals surface area contributed by atoms with Gasteiger partial charge in [0.25, 0.3) is 0 Å². The van der Waals surface area contributed by atoms with Crippen molar-refractivity contribution in [2.45, 2.75) is 38.5 Å². The van der Waals surface area contributed by atoms with Gasteiger partial charge in [0.1, 0.15) is 0 Å². The molecule has 1 rings (SSSR count). The van der Waals surface area contributed by atoms with Crippen LogP contribution in [0.2, 0.25) is 0 Å². The number of alkyl halides is 1. The maximum absolute atomic E-state index is 13.4. The van der Waals surface area contributed by atoms with Gasteiger partial charge in [-0.1, -0.05) is 12.2 Å². The first-order valence-corrected chi connectivity index (χ1v) is 5.30. The number of carbonyl (C=O) groups excluding carboxylic acids is 1. The van der Waals surface area contributed by atoms with E-state index < -0.39 is 18.2 Å². The number of halogens is 1. The first kappa shape index (κ1) is 12.2. The van der Waals surface area contributed by atoms with Crippen molar-refractivity contribution in [1.82, 2.24) is 0 Å². The molecule has 0 aliphatic heterocycles. The zero-order valence-corrected chi connectivity index (χ0v) is 8.86. The van der Waals surface area contributed by atoms with Crippen molar-refractivity contribution in [2.75, 3.05) is 6.61 Å². The van der Waals surface area contributed by atoms with Crippen LogP contribution in [0, 0.1) is 5.92 Å². The van der Waals surface area contributed by atoms with Crippen molar-refractivity contribution >= 4 is 5.97 Å². The molecule has 4 heteroatoms. The summed E-state index contributed by atoms with van der Waals surface area (Å²) in [7, 11) is 0. The summed E-state index contributed by atoms with van der Waals surface area (Å²) in [5.41, 5.74) is 0. The quantitative estimate of drug-likeness (QED) is 0.573. The van der Waals surface area contributed by atoms with Gasteiger partial charge in [0, 0.05) is 0 Å². The Hall–Kier alpha value is -0.900. The van der Waals surface area contributed by atoms with Crippen LogP contribution in [0.5, 0.6) is 0 Å². The van der Waals surface area contributed by atoms with Crippen LogP contribution >= 0.6 is 0 Å². The minimum absolute atomic E-state index is 0.135. The van der Waals surface area contributed by atoms with Crippen LogP contribution in [0.15, 0.2) is 12.2 Å². The Morgan fingerprint density at radius 2 is 2.40 bits per heavy atom. The number of hydrogen-bond acceptors (Lipinski definition) is 3. The SMILES string of the molecule is CCOC(=O)C(F)C(O)C1CC=CCC1. The van der Waals surface area contributed by atoms with Gasteiger partial charge in [-0.2, -0.15) is 0 Å². The first-order chi connectivity index (χ1) is 7.16. The molecule has 0 aromatic heterocycles. The fourth-order valence-corrected chi connectivity index (χ4v) is 1.73. The normalized spacial score (nSPS) is 24.6. The minimum Gasteiger partial charge on any atom is -0.464 e. The predicted molar refractivity (Wildman–Crippen MR) is 54.0 cm³/mol. The zero-order valence-electron chi connectivity index (χ0n) is 8.86. The van der Waals surface area contributed by atoms with Crippen LogP contribution in [0.4, 0.5) is 4.39 Å². The summed E-state index contributed by atoms with van der Waals surface area (Å²) in [6.07, 6.45) is 2.93. The molecule has 0 saturated heterocycles. The molecule has 0 fully saturated rings. The van der Waals surface area contributed by atoms with Crippen LogP contribution in [0.25, 0.3) is 0 Å². The van der Waals surface area contributed by atoms with Crippen LogP contribution in [0.1, 0.15) is 26.2 Å². The summed E-state index contributed by atoms with van der Waals surface area (Å²) in [5, 5.41) is 9.63. The second-order valence-corrected chi connectivity index (χ2v) is 3.69. The zero-order chi connectivity index (χ0) is 11.3. The van der Waals surface area contributed by atoms with Gasteiger partial charge in [-0.3, -0.25) is 0 Å². The van der Waals surface area contributed by atoms with Crippen LogP contribution < -0.4 is 0 Å². The Kier molecular flexibility index (Phi) is 4.75. The molecule has 0 saturated carbocycles. The smallest absolute Gasteiger partial charge is 0.343 e. The number of allylic oxidation sites excluding steroid dienone is 2. The minimum atomic E-state index is -1.92. The van der Waals surface area contributed by atoms with Crippen molar-refractivity contribution in [3.63, 3.8) is 0 Å². The van der Waals surface area contributed by atoms with E-state index in [0.29, 0.717) is 6.42 Å². The van der Waals surface area contributed by atoms with E-state index in [4.69, 9.17) is 0 Å². The Labute approximate surface area is 88.9 Å². The standard InChI is InChI=1S/C11H17FO3/c1-2-15-11(14)9(12)10(13)8-6-4-3-5-7-8/h3-4,8-10,13H,2,5-7H2,1H3. The van der Waals surface area contributed by atoms with Crippen molar-refractivity contribution in [3.8, 4) is 0 Å². The van der Waals surface area contributed by atoms with Crippen molar-refractivity contribution < 1.29 is 19.0 Å². The molecule has 3 unspecified atom stereocenters. The molecule has 0 aromatic carbocycles. The molecular weight excluding hydrogens is 199 g/mol. The average molecular weight is 216 g/mol.